The van der Waals surface area contributed by atoms with Crippen LogP contribution < -0.4 is 0 Å². The molecule has 1 aliphatic heterocycles. The van der Waals surface area contributed by atoms with E-state index in [9.17, 15) is 9.59 Å². The van der Waals surface area contributed by atoms with Crippen LogP contribution in [0.25, 0.3) is 0 Å². The van der Waals surface area contributed by atoms with Gasteiger partial charge in [0.25, 0.3) is 0 Å². The second-order valence-electron chi connectivity index (χ2n) is 8.44. The lowest BCUT2D eigenvalue weighted by molar-refractivity contribution is 0.101. The maximum Gasteiger partial charge on any atom is 0.344 e. The van der Waals surface area contributed by atoms with Gasteiger partial charge in [-0.2, -0.15) is 9.78 Å². The van der Waals surface area contributed by atoms with Crippen LogP contribution >= 0.6 is 0 Å². The molecule has 1 aromatic heterocycles. The second-order valence-corrected chi connectivity index (χ2v) is 8.44. The van der Waals surface area contributed by atoms with Crippen LogP contribution in [0, 0.1) is 18.8 Å². The van der Waals surface area contributed by atoms with Crippen LogP contribution in [0.1, 0.15) is 41.4 Å². The van der Waals surface area contributed by atoms with E-state index in [-0.39, 0.29) is 11.8 Å². The minimum atomic E-state index is -0.121. The summed E-state index contributed by atoms with van der Waals surface area (Å²) in [4.78, 5) is 28.5. The van der Waals surface area contributed by atoms with Crippen LogP contribution in [0.5, 0.6) is 0 Å². The van der Waals surface area contributed by atoms with Crippen LogP contribution in [-0.4, -0.2) is 57.6 Å². The number of aryl methyl sites for hydroxylation is 1. The number of hydrogen-bond acceptors (Lipinski definition) is 4. The molecule has 0 radical (unpaired) electrons. The molecule has 1 saturated heterocycles. The maximum absolute atomic E-state index is 12.7. The van der Waals surface area contributed by atoms with Crippen LogP contribution in [0.15, 0.2) is 36.5 Å². The van der Waals surface area contributed by atoms with E-state index < -0.39 is 0 Å². The second kappa shape index (κ2) is 7.51. The summed E-state index contributed by atoms with van der Waals surface area (Å²) in [6.45, 7) is 6.11. The van der Waals surface area contributed by atoms with E-state index in [1.54, 1.807) is 12.3 Å². The largest absolute Gasteiger partial charge is 0.344 e. The number of Topliss-reactive ketones (excluding diaryl/α,β-unsaturated/α-hetero) is 1. The first kappa shape index (κ1) is 18.9. The van der Waals surface area contributed by atoms with E-state index in [1.165, 1.54) is 22.7 Å². The molecule has 1 unspecified atom stereocenters. The van der Waals surface area contributed by atoms with Gasteiger partial charge in [0.15, 0.2) is 5.78 Å². The Morgan fingerprint density at radius 1 is 1.11 bits per heavy atom. The van der Waals surface area contributed by atoms with E-state index in [0.29, 0.717) is 23.6 Å². The summed E-state index contributed by atoms with van der Waals surface area (Å²) >= 11 is 0. The Balaban J connectivity index is 1.33. The fraction of sp³-hybridized carbons (Fsp3) is 0.500. The van der Waals surface area contributed by atoms with Gasteiger partial charge < -0.3 is 4.90 Å². The monoisotopic (exact) mass is 380 g/mol. The SMILES string of the molecule is CC(=O)c1ccn(C(=O)N2C[C@H]3CC(N(C)Cc4ccc(C)cc4)C[C@H]3C2)n1. The Hall–Kier alpha value is -2.47. The van der Waals surface area contributed by atoms with Crippen molar-refractivity contribution in [3.05, 3.63) is 53.3 Å². The van der Waals surface area contributed by atoms with Gasteiger partial charge in [0.2, 0.25) is 0 Å². The first-order valence-electron chi connectivity index (χ1n) is 10.0. The zero-order chi connectivity index (χ0) is 19.8. The molecule has 1 saturated carbocycles. The van der Waals surface area contributed by atoms with Crippen molar-refractivity contribution in [1.29, 1.82) is 0 Å². The highest BCUT2D eigenvalue weighted by Gasteiger charge is 2.43. The van der Waals surface area contributed by atoms with Gasteiger partial charge in [-0.25, -0.2) is 4.79 Å². The Labute approximate surface area is 166 Å². The molecular weight excluding hydrogens is 352 g/mol. The van der Waals surface area contributed by atoms with Gasteiger partial charge >= 0.3 is 6.03 Å². The summed E-state index contributed by atoms with van der Waals surface area (Å²) in [7, 11) is 2.21. The molecule has 1 aromatic carbocycles. The van der Waals surface area contributed by atoms with E-state index in [2.05, 4.69) is 48.2 Å². The molecule has 2 aliphatic rings. The Morgan fingerprint density at radius 3 is 2.32 bits per heavy atom. The number of rotatable bonds is 4. The number of hydrogen-bond donors (Lipinski definition) is 0. The smallest absolute Gasteiger partial charge is 0.322 e. The molecule has 1 aliphatic carbocycles. The lowest BCUT2D eigenvalue weighted by atomic mass is 10.0. The van der Waals surface area contributed by atoms with Crippen molar-refractivity contribution in [2.45, 2.75) is 39.3 Å². The van der Waals surface area contributed by atoms with Gasteiger partial charge in [-0.3, -0.25) is 9.69 Å². The maximum atomic E-state index is 12.7. The van der Waals surface area contributed by atoms with Crippen molar-refractivity contribution in [3.63, 3.8) is 0 Å². The highest BCUT2D eigenvalue weighted by molar-refractivity contribution is 5.92. The molecule has 28 heavy (non-hydrogen) atoms. The number of ketones is 1. The third kappa shape index (κ3) is 3.74. The fourth-order valence-corrected chi connectivity index (χ4v) is 4.66. The van der Waals surface area contributed by atoms with Gasteiger partial charge in [0.1, 0.15) is 5.69 Å². The van der Waals surface area contributed by atoms with Gasteiger partial charge in [0, 0.05) is 38.8 Å². The van der Waals surface area contributed by atoms with Gasteiger partial charge in [-0.05, 0) is 50.3 Å². The van der Waals surface area contributed by atoms with Crippen molar-refractivity contribution >= 4 is 11.8 Å². The molecule has 2 aromatic rings. The van der Waals surface area contributed by atoms with Crippen molar-refractivity contribution in [2.24, 2.45) is 11.8 Å². The highest BCUT2D eigenvalue weighted by atomic mass is 16.2. The molecule has 4 rings (SSSR count). The number of carbonyl (C=O) groups excluding carboxylic acids is 2. The summed E-state index contributed by atoms with van der Waals surface area (Å²) in [6, 6.07) is 10.8. The lowest BCUT2D eigenvalue weighted by Gasteiger charge is -2.26. The minimum absolute atomic E-state index is 0.119. The van der Waals surface area contributed by atoms with Crippen LogP contribution in [0.4, 0.5) is 4.79 Å². The minimum Gasteiger partial charge on any atom is -0.322 e. The third-order valence-electron chi connectivity index (χ3n) is 6.32. The standard InChI is InChI=1S/C22H28N4O2/c1-15-4-6-17(7-5-15)12-24(3)20-10-18-13-25(14-19(18)11-20)22(28)26-9-8-21(23-26)16(2)27/h4-9,18-20H,10-14H2,1-3H3/t18-,19+,20?. The molecule has 0 bridgehead atoms. The quantitative estimate of drug-likeness (QED) is 0.765. The predicted octanol–water partition coefficient (Wildman–Crippen LogP) is 3.20. The average Bonchev–Trinajstić information content (AvgIpc) is 3.37. The average molecular weight is 380 g/mol. The molecular formula is C22H28N4O2. The highest BCUT2D eigenvalue weighted by Crippen LogP contribution is 2.40. The molecule has 6 nitrogen and oxygen atoms in total. The third-order valence-corrected chi connectivity index (χ3v) is 6.32. The summed E-state index contributed by atoms with van der Waals surface area (Å²) < 4.78 is 1.30. The molecule has 148 valence electrons. The summed E-state index contributed by atoms with van der Waals surface area (Å²) in [5, 5.41) is 4.11. The summed E-state index contributed by atoms with van der Waals surface area (Å²) in [5.74, 6) is 0.985. The zero-order valence-electron chi connectivity index (χ0n) is 16.8. The summed E-state index contributed by atoms with van der Waals surface area (Å²) in [6.07, 6.45) is 3.86. The Kier molecular flexibility index (Phi) is 5.06. The van der Waals surface area contributed by atoms with Crippen molar-refractivity contribution in [1.82, 2.24) is 19.6 Å². The van der Waals surface area contributed by atoms with Crippen molar-refractivity contribution in [3.8, 4) is 0 Å². The molecule has 2 fully saturated rings. The van der Waals surface area contributed by atoms with Gasteiger partial charge in [-0.15, -0.1) is 0 Å². The molecule has 3 atom stereocenters. The number of nitrogens with zero attached hydrogens (tertiary/aromatic N) is 4. The van der Waals surface area contributed by atoms with Crippen molar-refractivity contribution in [2.75, 3.05) is 20.1 Å². The first-order valence-corrected chi connectivity index (χ1v) is 10.0. The van der Waals surface area contributed by atoms with Gasteiger partial charge in [-0.1, -0.05) is 29.8 Å². The molecule has 0 N–H and O–H groups in total. The Morgan fingerprint density at radius 2 is 1.75 bits per heavy atom. The predicted molar refractivity (Wildman–Crippen MR) is 107 cm³/mol. The zero-order valence-corrected chi connectivity index (χ0v) is 16.8. The van der Waals surface area contributed by atoms with E-state index in [0.717, 1.165) is 32.5 Å². The van der Waals surface area contributed by atoms with E-state index >= 15 is 0 Å². The van der Waals surface area contributed by atoms with E-state index in [4.69, 9.17) is 0 Å². The molecule has 2 heterocycles. The summed E-state index contributed by atoms with van der Waals surface area (Å²) in [5.41, 5.74) is 2.98. The number of fused-ring (bicyclic) bond motifs is 1. The van der Waals surface area contributed by atoms with Crippen molar-refractivity contribution < 1.29 is 9.59 Å². The molecule has 1 amide bonds. The molecule has 6 heteroatoms. The van der Waals surface area contributed by atoms with Gasteiger partial charge in [0.05, 0.1) is 0 Å². The number of carbonyl (C=O) groups is 2. The lowest BCUT2D eigenvalue weighted by Crippen LogP contribution is -2.36. The van der Waals surface area contributed by atoms with Crippen LogP contribution in [0.2, 0.25) is 0 Å². The Bertz CT molecular complexity index is 859. The first-order chi connectivity index (χ1) is 13.4. The van der Waals surface area contributed by atoms with E-state index in [1.807, 2.05) is 4.90 Å². The number of aromatic nitrogens is 2. The number of amides is 1. The number of likely N-dealkylation sites (tertiary alicyclic amines) is 1. The number of benzene rings is 1. The van der Waals surface area contributed by atoms with Crippen LogP contribution in [0.3, 0.4) is 0 Å². The fourth-order valence-electron chi connectivity index (χ4n) is 4.66. The topological polar surface area (TPSA) is 58.4 Å². The molecule has 0 spiro atoms. The van der Waals surface area contributed by atoms with Crippen LogP contribution in [-0.2, 0) is 6.54 Å². The normalized spacial score (nSPS) is 24.0.